The van der Waals surface area contributed by atoms with Crippen LogP contribution < -0.4 is 10.6 Å². The van der Waals surface area contributed by atoms with Gasteiger partial charge in [-0.1, -0.05) is 49.6 Å². The number of aryl methyl sites for hydroxylation is 1. The van der Waals surface area contributed by atoms with Crippen molar-refractivity contribution in [3.63, 3.8) is 0 Å². The lowest BCUT2D eigenvalue weighted by Crippen LogP contribution is -2.20. The molecule has 1 aliphatic rings. The molecule has 2 heteroatoms. The molecule has 1 aromatic rings. The van der Waals surface area contributed by atoms with Gasteiger partial charge in [0.05, 0.1) is 0 Å². The maximum atomic E-state index is 3.24. The molecule has 2 rings (SSSR count). The topological polar surface area (TPSA) is 24.1 Å². The maximum absolute atomic E-state index is 3.24. The fourth-order valence-corrected chi connectivity index (χ4v) is 2.79. The monoisotopic (exact) mass is 276 g/mol. The smallest absolute Gasteiger partial charge is 0.00235 e. The van der Waals surface area contributed by atoms with Crippen molar-refractivity contribution in [3.8, 4) is 0 Å². The zero-order chi connectivity index (χ0) is 14.5. The molecule has 1 saturated carbocycles. The summed E-state index contributed by atoms with van der Waals surface area (Å²) in [7, 11) is 4.04. The summed E-state index contributed by atoms with van der Waals surface area (Å²) in [6.07, 6.45) is 9.72. The van der Waals surface area contributed by atoms with Crippen LogP contribution in [0, 0.1) is 5.92 Å². The van der Waals surface area contributed by atoms with Gasteiger partial charge in [-0.15, -0.1) is 0 Å². The standard InChI is InChI=1S/C10H15N.C8H17N/c1-11-9-5-8-10-6-3-2-4-7-10;1-9-7-8-5-3-2-4-6-8/h2-4,6-7,11H,5,8-9H2,1H3;8-9H,2-7H2,1H3. The first kappa shape index (κ1) is 17.2. The summed E-state index contributed by atoms with van der Waals surface area (Å²) in [4.78, 5) is 0. The van der Waals surface area contributed by atoms with E-state index in [0.717, 1.165) is 12.5 Å². The first-order valence-corrected chi connectivity index (χ1v) is 8.20. The molecule has 0 spiro atoms. The highest BCUT2D eigenvalue weighted by atomic mass is 14.8. The Kier molecular flexibility index (Phi) is 10.3. The molecule has 0 aliphatic heterocycles. The van der Waals surface area contributed by atoms with Crippen molar-refractivity contribution < 1.29 is 0 Å². The molecule has 20 heavy (non-hydrogen) atoms. The van der Waals surface area contributed by atoms with Crippen molar-refractivity contribution in [1.82, 2.24) is 10.6 Å². The number of rotatable bonds is 6. The minimum Gasteiger partial charge on any atom is -0.320 e. The van der Waals surface area contributed by atoms with Crippen molar-refractivity contribution in [3.05, 3.63) is 35.9 Å². The average Bonchev–Trinajstić information content (AvgIpc) is 2.51. The fraction of sp³-hybridized carbons (Fsp3) is 0.667. The van der Waals surface area contributed by atoms with E-state index in [2.05, 4.69) is 48.0 Å². The van der Waals surface area contributed by atoms with Gasteiger partial charge < -0.3 is 10.6 Å². The summed E-state index contributed by atoms with van der Waals surface area (Å²) in [6, 6.07) is 10.6. The van der Waals surface area contributed by atoms with Crippen LogP contribution in [0.5, 0.6) is 0 Å². The Morgan fingerprint density at radius 3 is 2.25 bits per heavy atom. The second-order valence-corrected chi connectivity index (χ2v) is 5.75. The lowest BCUT2D eigenvalue weighted by molar-refractivity contribution is 0.350. The van der Waals surface area contributed by atoms with Gasteiger partial charge in [0.25, 0.3) is 0 Å². The van der Waals surface area contributed by atoms with E-state index in [1.807, 2.05) is 7.05 Å². The van der Waals surface area contributed by atoms with Crippen molar-refractivity contribution in [2.75, 3.05) is 27.2 Å². The van der Waals surface area contributed by atoms with Gasteiger partial charge in [-0.2, -0.15) is 0 Å². The Bertz CT molecular complexity index is 302. The van der Waals surface area contributed by atoms with Crippen LogP contribution in [-0.4, -0.2) is 27.2 Å². The quantitative estimate of drug-likeness (QED) is 0.775. The third-order valence-corrected chi connectivity index (χ3v) is 3.95. The third kappa shape index (κ3) is 8.34. The molecular weight excluding hydrogens is 244 g/mol. The van der Waals surface area contributed by atoms with E-state index in [9.17, 15) is 0 Å². The van der Waals surface area contributed by atoms with Crippen LogP contribution in [-0.2, 0) is 6.42 Å². The molecule has 2 N–H and O–H groups in total. The number of hydrogen-bond acceptors (Lipinski definition) is 2. The SMILES string of the molecule is CNCC1CCCCC1.CNCCCc1ccccc1. The molecule has 0 heterocycles. The Balaban J connectivity index is 0.000000204. The zero-order valence-electron chi connectivity index (χ0n) is 13.3. The molecule has 0 atom stereocenters. The highest BCUT2D eigenvalue weighted by Crippen LogP contribution is 2.22. The van der Waals surface area contributed by atoms with E-state index in [0.29, 0.717) is 0 Å². The molecule has 1 aliphatic carbocycles. The maximum Gasteiger partial charge on any atom is -0.00235 e. The van der Waals surface area contributed by atoms with E-state index in [-0.39, 0.29) is 0 Å². The first-order valence-electron chi connectivity index (χ1n) is 8.20. The van der Waals surface area contributed by atoms with Gasteiger partial charge in [-0.05, 0) is 64.3 Å². The van der Waals surface area contributed by atoms with Crippen LogP contribution >= 0.6 is 0 Å². The van der Waals surface area contributed by atoms with Crippen LogP contribution in [0.1, 0.15) is 44.1 Å². The molecule has 0 amide bonds. The number of nitrogens with one attached hydrogen (secondary N) is 2. The summed E-state index contributed by atoms with van der Waals surface area (Å²) in [5.74, 6) is 0.990. The van der Waals surface area contributed by atoms with Gasteiger partial charge in [0.1, 0.15) is 0 Å². The van der Waals surface area contributed by atoms with Crippen molar-refractivity contribution >= 4 is 0 Å². The molecule has 0 radical (unpaired) electrons. The van der Waals surface area contributed by atoms with Crippen LogP contribution in [0.3, 0.4) is 0 Å². The van der Waals surface area contributed by atoms with E-state index in [1.54, 1.807) is 0 Å². The molecule has 114 valence electrons. The summed E-state index contributed by atoms with van der Waals surface area (Å²) >= 11 is 0. The minimum atomic E-state index is 0.990. The van der Waals surface area contributed by atoms with Gasteiger partial charge in [-0.3, -0.25) is 0 Å². The van der Waals surface area contributed by atoms with Crippen molar-refractivity contribution in [2.45, 2.75) is 44.9 Å². The predicted molar refractivity (Wildman–Crippen MR) is 89.2 cm³/mol. The Morgan fingerprint density at radius 2 is 1.65 bits per heavy atom. The Labute approximate surface area is 125 Å². The summed E-state index contributed by atoms with van der Waals surface area (Å²) in [5.41, 5.74) is 1.43. The molecular formula is C18H32N2. The van der Waals surface area contributed by atoms with E-state index < -0.39 is 0 Å². The number of benzene rings is 1. The largest absolute Gasteiger partial charge is 0.320 e. The summed E-state index contributed by atoms with van der Waals surface area (Å²) in [6.45, 7) is 2.34. The summed E-state index contributed by atoms with van der Waals surface area (Å²) in [5, 5.41) is 6.38. The van der Waals surface area contributed by atoms with Gasteiger partial charge in [0.15, 0.2) is 0 Å². The first-order chi connectivity index (χ1) is 9.86. The number of hydrogen-bond donors (Lipinski definition) is 2. The van der Waals surface area contributed by atoms with Crippen molar-refractivity contribution in [1.29, 1.82) is 0 Å². The third-order valence-electron chi connectivity index (χ3n) is 3.95. The lowest BCUT2D eigenvalue weighted by Gasteiger charge is -2.20. The molecule has 0 saturated heterocycles. The molecule has 1 aromatic carbocycles. The Morgan fingerprint density at radius 1 is 0.950 bits per heavy atom. The summed E-state index contributed by atoms with van der Waals surface area (Å²) < 4.78 is 0. The fourth-order valence-electron chi connectivity index (χ4n) is 2.79. The minimum absolute atomic E-state index is 0.990. The van der Waals surface area contributed by atoms with Gasteiger partial charge >= 0.3 is 0 Å². The molecule has 0 aromatic heterocycles. The van der Waals surface area contributed by atoms with Gasteiger partial charge in [-0.25, -0.2) is 0 Å². The molecule has 0 bridgehead atoms. The van der Waals surface area contributed by atoms with Crippen LogP contribution in [0.2, 0.25) is 0 Å². The lowest BCUT2D eigenvalue weighted by atomic mass is 9.89. The van der Waals surface area contributed by atoms with E-state index in [1.165, 1.54) is 57.1 Å². The van der Waals surface area contributed by atoms with Crippen LogP contribution in [0.25, 0.3) is 0 Å². The van der Waals surface area contributed by atoms with Crippen molar-refractivity contribution in [2.24, 2.45) is 5.92 Å². The second kappa shape index (κ2) is 11.9. The predicted octanol–water partition coefficient (Wildman–Crippen LogP) is 3.62. The normalized spacial score (nSPS) is 15.5. The van der Waals surface area contributed by atoms with E-state index in [4.69, 9.17) is 0 Å². The highest BCUT2D eigenvalue weighted by Gasteiger charge is 2.11. The second-order valence-electron chi connectivity index (χ2n) is 5.75. The van der Waals surface area contributed by atoms with Gasteiger partial charge in [0, 0.05) is 0 Å². The van der Waals surface area contributed by atoms with Crippen LogP contribution in [0.15, 0.2) is 30.3 Å². The molecule has 2 nitrogen and oxygen atoms in total. The molecule has 1 fully saturated rings. The Hall–Kier alpha value is -0.860. The molecule has 0 unspecified atom stereocenters. The van der Waals surface area contributed by atoms with E-state index >= 15 is 0 Å². The zero-order valence-corrected chi connectivity index (χ0v) is 13.3. The van der Waals surface area contributed by atoms with Crippen LogP contribution in [0.4, 0.5) is 0 Å². The van der Waals surface area contributed by atoms with Gasteiger partial charge in [0.2, 0.25) is 0 Å². The highest BCUT2D eigenvalue weighted by molar-refractivity contribution is 5.14. The average molecular weight is 276 g/mol.